The first-order chi connectivity index (χ1) is 23.7. The Morgan fingerprint density at radius 2 is 1.86 bits per heavy atom. The Morgan fingerprint density at radius 3 is 2.55 bits per heavy atom. The van der Waals surface area contributed by atoms with E-state index < -0.39 is 11.5 Å². The summed E-state index contributed by atoms with van der Waals surface area (Å²) in [6, 6.07) is 14.5. The Balaban J connectivity index is 1.11. The highest BCUT2D eigenvalue weighted by Gasteiger charge is 2.35. The first-order valence-electron chi connectivity index (χ1n) is 16.6. The summed E-state index contributed by atoms with van der Waals surface area (Å²) in [4.78, 5) is 33.0. The average Bonchev–Trinajstić information content (AvgIpc) is 3.48. The monoisotopic (exact) mass is 666 g/mol. The number of fused-ring (bicyclic) bond motifs is 1. The number of rotatable bonds is 8. The molecule has 0 aliphatic carbocycles. The summed E-state index contributed by atoms with van der Waals surface area (Å²) in [6.07, 6.45) is 4.53. The van der Waals surface area contributed by atoms with E-state index in [1.165, 1.54) is 6.33 Å². The molecule has 3 aliphatic rings. The number of piperidine rings is 1. The molecule has 3 saturated heterocycles. The molecular weight excluding hydrogens is 627 g/mol. The molecule has 3 aromatic heterocycles. The van der Waals surface area contributed by atoms with Crippen molar-refractivity contribution in [3.63, 3.8) is 0 Å². The summed E-state index contributed by atoms with van der Waals surface area (Å²) in [5.74, 6) is -0.328. The molecular formula is C35H39FN10O3. The first kappa shape index (κ1) is 32.6. The van der Waals surface area contributed by atoms with Gasteiger partial charge in [-0.1, -0.05) is 18.2 Å². The molecule has 0 radical (unpaired) electrons. The van der Waals surface area contributed by atoms with Gasteiger partial charge in [0.2, 0.25) is 11.8 Å². The number of hydrogen-bond donors (Lipinski definition) is 1. The summed E-state index contributed by atoms with van der Waals surface area (Å²) in [7, 11) is 0. The number of aromatic nitrogens is 5. The lowest BCUT2D eigenvalue weighted by Gasteiger charge is -2.46. The maximum Gasteiger partial charge on any atom is 0.264 e. The van der Waals surface area contributed by atoms with Gasteiger partial charge in [0.05, 0.1) is 36.2 Å². The van der Waals surface area contributed by atoms with E-state index in [1.807, 2.05) is 18.2 Å². The molecule has 6 heterocycles. The number of amides is 1. The van der Waals surface area contributed by atoms with Crippen molar-refractivity contribution in [1.82, 2.24) is 39.4 Å². The fourth-order valence-corrected chi connectivity index (χ4v) is 6.89. The number of anilines is 1. The number of carbonyl (C=O) groups is 1. The average molecular weight is 667 g/mol. The number of carbonyl (C=O) groups excluding carboxylic acids is 1. The number of nitrogen functional groups attached to an aromatic ring is 1. The summed E-state index contributed by atoms with van der Waals surface area (Å²) in [5.41, 5.74) is 6.73. The number of para-hydroxylation sites is 1. The fourth-order valence-electron chi connectivity index (χ4n) is 6.89. The van der Waals surface area contributed by atoms with Crippen LogP contribution in [0.5, 0.6) is 11.6 Å². The molecule has 1 aromatic carbocycles. The third kappa shape index (κ3) is 6.57. The lowest BCUT2D eigenvalue weighted by molar-refractivity contribution is -0.128. The highest BCUT2D eigenvalue weighted by atomic mass is 19.1. The van der Waals surface area contributed by atoms with Crippen LogP contribution in [-0.2, 0) is 9.53 Å². The number of benzene rings is 1. The van der Waals surface area contributed by atoms with Gasteiger partial charge in [-0.25, -0.2) is 14.6 Å². The van der Waals surface area contributed by atoms with Crippen LogP contribution in [0.1, 0.15) is 32.7 Å². The first-order valence-corrected chi connectivity index (χ1v) is 16.6. The van der Waals surface area contributed by atoms with Crippen molar-refractivity contribution in [3.05, 3.63) is 66.4 Å². The van der Waals surface area contributed by atoms with Gasteiger partial charge in [-0.2, -0.15) is 19.7 Å². The lowest BCUT2D eigenvalue weighted by Crippen LogP contribution is -2.59. The lowest BCUT2D eigenvalue weighted by atomic mass is 9.96. The number of nitriles is 1. The van der Waals surface area contributed by atoms with E-state index in [-0.39, 0.29) is 40.5 Å². The van der Waals surface area contributed by atoms with Crippen molar-refractivity contribution in [2.75, 3.05) is 58.2 Å². The van der Waals surface area contributed by atoms with Crippen LogP contribution in [0.3, 0.4) is 0 Å². The molecule has 1 amide bonds. The Kier molecular flexibility index (Phi) is 8.98. The van der Waals surface area contributed by atoms with Crippen LogP contribution in [0.25, 0.3) is 22.3 Å². The van der Waals surface area contributed by atoms with Gasteiger partial charge in [0.1, 0.15) is 35.2 Å². The van der Waals surface area contributed by atoms with Crippen molar-refractivity contribution in [2.24, 2.45) is 0 Å². The van der Waals surface area contributed by atoms with Crippen molar-refractivity contribution in [2.45, 2.75) is 44.3 Å². The molecule has 0 unspecified atom stereocenters. The van der Waals surface area contributed by atoms with Gasteiger partial charge >= 0.3 is 0 Å². The van der Waals surface area contributed by atoms with Crippen LogP contribution >= 0.6 is 0 Å². The second-order valence-electron chi connectivity index (χ2n) is 13.2. The van der Waals surface area contributed by atoms with E-state index >= 15 is 4.39 Å². The Labute approximate surface area is 283 Å². The standard InChI is InChI=1S/C35H39FN10O3/c1-35(2,45-15-13-43(14-16-45)25-20-48-21-25)17-23(18-37)34(47)44-12-6-7-24(19-44)46-33-29(32(38)39-22-40-33)30(42-46)27-10-11-28(41-31(27)36)49-26-8-4-3-5-9-26/h3-5,8-11,17,22,24-25H,6-7,12-16,19-21H2,1-2H3,(H2,38,39,40)/t24-/m1/s1. The topological polar surface area (TPSA) is 152 Å². The second-order valence-corrected chi connectivity index (χ2v) is 13.2. The molecule has 49 heavy (non-hydrogen) atoms. The number of pyridine rings is 1. The second kappa shape index (κ2) is 13.5. The number of hydrogen-bond acceptors (Lipinski definition) is 11. The molecule has 7 rings (SSSR count). The fraction of sp³-hybridized carbons (Fsp3) is 0.429. The quantitative estimate of drug-likeness (QED) is 0.166. The van der Waals surface area contributed by atoms with Crippen LogP contribution in [0, 0.1) is 17.3 Å². The molecule has 0 saturated carbocycles. The van der Waals surface area contributed by atoms with E-state index in [1.54, 1.807) is 39.9 Å². The molecule has 0 bridgehead atoms. The summed E-state index contributed by atoms with van der Waals surface area (Å²) < 4.78 is 28.3. The number of nitrogens with zero attached hydrogens (tertiary/aromatic N) is 9. The van der Waals surface area contributed by atoms with Crippen molar-refractivity contribution in [1.29, 1.82) is 5.26 Å². The molecule has 13 nitrogen and oxygen atoms in total. The van der Waals surface area contributed by atoms with E-state index in [9.17, 15) is 10.1 Å². The minimum atomic E-state index is -0.784. The van der Waals surface area contributed by atoms with Gasteiger partial charge in [-0.3, -0.25) is 14.6 Å². The molecule has 4 aromatic rings. The molecule has 1 atom stereocenters. The maximum absolute atomic E-state index is 15.6. The zero-order valence-corrected chi connectivity index (χ0v) is 27.6. The van der Waals surface area contributed by atoms with Crippen LogP contribution in [0.4, 0.5) is 10.2 Å². The number of piperazine rings is 1. The summed E-state index contributed by atoms with van der Waals surface area (Å²) in [5, 5.41) is 15.4. The normalized spacial score (nSPS) is 19.8. The highest BCUT2D eigenvalue weighted by Crippen LogP contribution is 2.36. The number of likely N-dealkylation sites (tertiary alicyclic amines) is 1. The van der Waals surface area contributed by atoms with Crippen LogP contribution in [0.2, 0.25) is 0 Å². The van der Waals surface area contributed by atoms with Crippen LogP contribution in [-0.4, -0.2) is 109 Å². The smallest absolute Gasteiger partial charge is 0.264 e. The molecule has 3 aliphatic heterocycles. The number of ether oxygens (including phenoxy) is 2. The van der Waals surface area contributed by atoms with Crippen molar-refractivity contribution in [3.8, 4) is 29.0 Å². The summed E-state index contributed by atoms with van der Waals surface area (Å²) >= 11 is 0. The maximum atomic E-state index is 15.6. The Hall–Kier alpha value is -4.97. The third-order valence-corrected chi connectivity index (χ3v) is 9.71. The van der Waals surface area contributed by atoms with Gasteiger partial charge in [0.15, 0.2) is 5.65 Å². The van der Waals surface area contributed by atoms with Crippen molar-refractivity contribution >= 4 is 22.8 Å². The highest BCUT2D eigenvalue weighted by molar-refractivity contribution is 5.99. The molecule has 14 heteroatoms. The van der Waals surface area contributed by atoms with Gasteiger partial charge in [-0.05, 0) is 51.0 Å². The Bertz CT molecular complexity index is 1910. The summed E-state index contributed by atoms with van der Waals surface area (Å²) in [6.45, 7) is 10.0. The number of nitrogens with two attached hydrogens (primary N) is 1. The van der Waals surface area contributed by atoms with Crippen LogP contribution < -0.4 is 10.5 Å². The SMILES string of the molecule is CC(C)(C=C(C#N)C(=O)N1CCC[C@@H](n2nc(-c3ccc(Oc4ccccc4)nc3F)c3c(N)ncnc32)C1)N1CCN(C2COC2)CC1. The minimum absolute atomic E-state index is 0.0948. The zero-order valence-electron chi connectivity index (χ0n) is 27.6. The predicted octanol–water partition coefficient (Wildman–Crippen LogP) is 3.81. The van der Waals surface area contributed by atoms with E-state index in [4.69, 9.17) is 20.3 Å². The molecule has 3 fully saturated rings. The van der Waals surface area contributed by atoms with E-state index in [2.05, 4.69) is 44.7 Å². The molecule has 2 N–H and O–H groups in total. The molecule has 254 valence electrons. The zero-order chi connectivity index (χ0) is 34.1. The third-order valence-electron chi connectivity index (χ3n) is 9.71. The van der Waals surface area contributed by atoms with Crippen LogP contribution in [0.15, 0.2) is 60.4 Å². The van der Waals surface area contributed by atoms with E-state index in [0.29, 0.717) is 48.8 Å². The van der Waals surface area contributed by atoms with Crippen molar-refractivity contribution < 1.29 is 18.7 Å². The molecule has 0 spiro atoms. The largest absolute Gasteiger partial charge is 0.439 e. The van der Waals surface area contributed by atoms with Gasteiger partial charge in [0, 0.05) is 50.9 Å². The van der Waals surface area contributed by atoms with Gasteiger partial charge < -0.3 is 20.1 Å². The van der Waals surface area contributed by atoms with Gasteiger partial charge in [-0.15, -0.1) is 0 Å². The number of halogens is 1. The van der Waals surface area contributed by atoms with E-state index in [0.717, 1.165) is 39.4 Å². The predicted molar refractivity (Wildman–Crippen MR) is 180 cm³/mol. The minimum Gasteiger partial charge on any atom is -0.439 e. The Morgan fingerprint density at radius 1 is 1.08 bits per heavy atom. The van der Waals surface area contributed by atoms with Gasteiger partial charge in [0.25, 0.3) is 5.91 Å².